The quantitative estimate of drug-likeness (QED) is 0.673. The number of likely N-dealkylation sites (tertiary alicyclic amines) is 1. The second-order valence-electron chi connectivity index (χ2n) is 6.39. The molecule has 0 aromatic heterocycles. The van der Waals surface area contributed by atoms with Gasteiger partial charge in [0, 0.05) is 32.2 Å². The van der Waals surface area contributed by atoms with E-state index in [-0.39, 0.29) is 18.1 Å². The number of carbonyl (C=O) groups excluding carboxylic acids is 1. The molecule has 0 bridgehead atoms. The highest BCUT2D eigenvalue weighted by molar-refractivity contribution is 5.78. The van der Waals surface area contributed by atoms with Gasteiger partial charge >= 0.3 is 0 Å². The third-order valence-corrected chi connectivity index (χ3v) is 4.36. The molecule has 20 heavy (non-hydrogen) atoms. The van der Waals surface area contributed by atoms with E-state index in [2.05, 4.69) is 10.2 Å². The zero-order chi connectivity index (χ0) is 14.5. The normalized spacial score (nSPS) is 29.9. The SMILES string of the molecule is CC(C)OCCCNC(=O)CN1CC2CCC(O)C2C1. The van der Waals surface area contributed by atoms with Gasteiger partial charge in [0.2, 0.25) is 5.91 Å². The molecule has 3 unspecified atom stereocenters. The third kappa shape index (κ3) is 4.43. The lowest BCUT2D eigenvalue weighted by Crippen LogP contribution is -2.37. The van der Waals surface area contributed by atoms with Gasteiger partial charge in [0.15, 0.2) is 0 Å². The first-order chi connectivity index (χ1) is 9.56. The van der Waals surface area contributed by atoms with E-state index in [9.17, 15) is 9.90 Å². The number of hydrogen-bond donors (Lipinski definition) is 2. The number of amides is 1. The highest BCUT2D eigenvalue weighted by atomic mass is 16.5. The monoisotopic (exact) mass is 284 g/mol. The van der Waals surface area contributed by atoms with Gasteiger partial charge in [-0.3, -0.25) is 9.69 Å². The van der Waals surface area contributed by atoms with Crippen LogP contribution in [0.3, 0.4) is 0 Å². The van der Waals surface area contributed by atoms with Crippen LogP contribution in [0.4, 0.5) is 0 Å². The Morgan fingerprint density at radius 3 is 2.90 bits per heavy atom. The average Bonchev–Trinajstić information content (AvgIpc) is 2.91. The van der Waals surface area contributed by atoms with Crippen molar-refractivity contribution >= 4 is 5.91 Å². The zero-order valence-electron chi connectivity index (χ0n) is 12.7. The Hall–Kier alpha value is -0.650. The Kier molecular flexibility index (Phi) is 5.81. The highest BCUT2D eigenvalue weighted by Crippen LogP contribution is 2.37. The summed E-state index contributed by atoms with van der Waals surface area (Å²) in [5, 5.41) is 12.8. The van der Waals surface area contributed by atoms with Gasteiger partial charge in [-0.25, -0.2) is 0 Å². The molecular formula is C15H28N2O3. The number of aliphatic hydroxyl groups excluding tert-OH is 1. The van der Waals surface area contributed by atoms with Crippen LogP contribution in [0.25, 0.3) is 0 Å². The molecule has 1 aliphatic carbocycles. The van der Waals surface area contributed by atoms with Crippen LogP contribution in [-0.2, 0) is 9.53 Å². The van der Waals surface area contributed by atoms with Gasteiger partial charge in [-0.15, -0.1) is 0 Å². The van der Waals surface area contributed by atoms with Gasteiger partial charge in [0.1, 0.15) is 0 Å². The molecule has 116 valence electrons. The molecule has 1 heterocycles. The van der Waals surface area contributed by atoms with E-state index < -0.39 is 0 Å². The van der Waals surface area contributed by atoms with E-state index in [1.54, 1.807) is 0 Å². The summed E-state index contributed by atoms with van der Waals surface area (Å²) >= 11 is 0. The van der Waals surface area contributed by atoms with Crippen molar-refractivity contribution in [2.75, 3.05) is 32.8 Å². The maximum atomic E-state index is 11.8. The molecule has 1 amide bonds. The van der Waals surface area contributed by atoms with Crippen molar-refractivity contribution in [2.45, 2.75) is 45.3 Å². The molecule has 2 rings (SSSR count). The first-order valence-electron chi connectivity index (χ1n) is 7.85. The van der Waals surface area contributed by atoms with Crippen LogP contribution in [-0.4, -0.2) is 60.9 Å². The van der Waals surface area contributed by atoms with Crippen LogP contribution >= 0.6 is 0 Å². The maximum absolute atomic E-state index is 11.8. The molecule has 0 aromatic rings. The van der Waals surface area contributed by atoms with Crippen molar-refractivity contribution in [3.05, 3.63) is 0 Å². The van der Waals surface area contributed by atoms with Crippen LogP contribution < -0.4 is 5.32 Å². The number of hydrogen-bond acceptors (Lipinski definition) is 4. The first kappa shape index (κ1) is 15.7. The van der Waals surface area contributed by atoms with Crippen molar-refractivity contribution in [2.24, 2.45) is 11.8 Å². The molecule has 3 atom stereocenters. The molecule has 2 fully saturated rings. The van der Waals surface area contributed by atoms with Gasteiger partial charge in [-0.05, 0) is 39.0 Å². The fraction of sp³-hybridized carbons (Fsp3) is 0.933. The Bertz CT molecular complexity index is 322. The van der Waals surface area contributed by atoms with Crippen LogP contribution in [0, 0.1) is 11.8 Å². The minimum atomic E-state index is -0.152. The van der Waals surface area contributed by atoms with Gasteiger partial charge in [0.25, 0.3) is 0 Å². The van der Waals surface area contributed by atoms with E-state index in [4.69, 9.17) is 4.74 Å². The van der Waals surface area contributed by atoms with Crippen molar-refractivity contribution in [1.82, 2.24) is 10.2 Å². The van der Waals surface area contributed by atoms with Crippen molar-refractivity contribution in [3.63, 3.8) is 0 Å². The molecule has 2 aliphatic rings. The van der Waals surface area contributed by atoms with Crippen molar-refractivity contribution < 1.29 is 14.6 Å². The number of nitrogens with one attached hydrogen (secondary N) is 1. The smallest absolute Gasteiger partial charge is 0.234 e. The molecule has 0 radical (unpaired) electrons. The maximum Gasteiger partial charge on any atom is 0.234 e. The lowest BCUT2D eigenvalue weighted by atomic mass is 10.00. The highest BCUT2D eigenvalue weighted by Gasteiger charge is 2.41. The number of fused-ring (bicyclic) bond motifs is 1. The Labute approximate surface area is 121 Å². The van der Waals surface area contributed by atoms with Gasteiger partial charge in [-0.2, -0.15) is 0 Å². The second kappa shape index (κ2) is 7.38. The van der Waals surface area contributed by atoms with Crippen LogP contribution in [0.15, 0.2) is 0 Å². The number of carbonyl (C=O) groups is 1. The van der Waals surface area contributed by atoms with Crippen molar-refractivity contribution in [3.8, 4) is 0 Å². The summed E-state index contributed by atoms with van der Waals surface area (Å²) in [6.07, 6.45) is 3.00. The van der Waals surface area contributed by atoms with Crippen LogP contribution in [0.2, 0.25) is 0 Å². The van der Waals surface area contributed by atoms with E-state index in [0.29, 0.717) is 31.5 Å². The number of nitrogens with zero attached hydrogens (tertiary/aromatic N) is 1. The van der Waals surface area contributed by atoms with E-state index in [1.165, 1.54) is 0 Å². The second-order valence-corrected chi connectivity index (χ2v) is 6.39. The number of ether oxygens (including phenoxy) is 1. The Morgan fingerprint density at radius 1 is 1.40 bits per heavy atom. The minimum absolute atomic E-state index is 0.0870. The van der Waals surface area contributed by atoms with Gasteiger partial charge < -0.3 is 15.2 Å². The Balaban J connectivity index is 1.57. The fourth-order valence-corrected chi connectivity index (χ4v) is 3.34. The lowest BCUT2D eigenvalue weighted by Gasteiger charge is -2.17. The van der Waals surface area contributed by atoms with Gasteiger partial charge in [0.05, 0.1) is 18.8 Å². The average molecular weight is 284 g/mol. The molecule has 0 aromatic carbocycles. The van der Waals surface area contributed by atoms with Gasteiger partial charge in [-0.1, -0.05) is 0 Å². The van der Waals surface area contributed by atoms with E-state index >= 15 is 0 Å². The minimum Gasteiger partial charge on any atom is -0.393 e. The van der Waals surface area contributed by atoms with Crippen LogP contribution in [0.5, 0.6) is 0 Å². The van der Waals surface area contributed by atoms with E-state index in [0.717, 1.165) is 32.4 Å². The fourth-order valence-electron chi connectivity index (χ4n) is 3.34. The molecule has 1 aliphatic heterocycles. The Morgan fingerprint density at radius 2 is 2.20 bits per heavy atom. The third-order valence-electron chi connectivity index (χ3n) is 4.36. The van der Waals surface area contributed by atoms with E-state index in [1.807, 2.05) is 13.8 Å². The predicted molar refractivity (Wildman–Crippen MR) is 77.4 cm³/mol. The summed E-state index contributed by atoms with van der Waals surface area (Å²) in [4.78, 5) is 14.0. The molecule has 2 N–H and O–H groups in total. The molecule has 5 heteroatoms. The first-order valence-corrected chi connectivity index (χ1v) is 7.85. The number of rotatable bonds is 7. The number of aliphatic hydroxyl groups is 1. The summed E-state index contributed by atoms with van der Waals surface area (Å²) in [7, 11) is 0. The lowest BCUT2D eigenvalue weighted by molar-refractivity contribution is -0.122. The van der Waals surface area contributed by atoms with Crippen molar-refractivity contribution in [1.29, 1.82) is 0 Å². The predicted octanol–water partition coefficient (Wildman–Crippen LogP) is 0.620. The molecule has 5 nitrogen and oxygen atoms in total. The zero-order valence-corrected chi connectivity index (χ0v) is 12.7. The topological polar surface area (TPSA) is 61.8 Å². The largest absolute Gasteiger partial charge is 0.393 e. The summed E-state index contributed by atoms with van der Waals surface area (Å²) in [5.41, 5.74) is 0. The van der Waals surface area contributed by atoms with Crippen LogP contribution in [0.1, 0.15) is 33.1 Å². The molecule has 0 spiro atoms. The molecular weight excluding hydrogens is 256 g/mol. The summed E-state index contributed by atoms with van der Waals surface area (Å²) in [6.45, 7) is 7.69. The summed E-state index contributed by atoms with van der Waals surface area (Å²) < 4.78 is 5.43. The summed E-state index contributed by atoms with van der Waals surface area (Å²) in [6, 6.07) is 0. The summed E-state index contributed by atoms with van der Waals surface area (Å²) in [5.74, 6) is 1.07. The standard InChI is InChI=1S/C15H28N2O3/c1-11(2)20-7-3-6-16-15(19)10-17-8-12-4-5-14(18)13(12)9-17/h11-14,18H,3-10H2,1-2H3,(H,16,19). The molecule has 1 saturated carbocycles. The molecule has 1 saturated heterocycles.